The molecule has 0 spiro atoms. The highest BCUT2D eigenvalue weighted by Crippen LogP contribution is 2.38. The zero-order valence-electron chi connectivity index (χ0n) is 8.49. The number of nitrogen functional groups attached to an aromatic ring is 5. The topological polar surface area (TPSA) is 173 Å². The summed E-state index contributed by atoms with van der Waals surface area (Å²) in [6.45, 7) is 0. The van der Waals surface area contributed by atoms with Gasteiger partial charge in [0.1, 0.15) is 0 Å². The molecule has 0 aromatic heterocycles. The Labute approximate surface area is 110 Å². The third-order valence-electron chi connectivity index (χ3n) is 2.18. The summed E-state index contributed by atoms with van der Waals surface area (Å²) in [6.07, 6.45) is 0. The smallest absolute Gasteiger partial charge is 0.389 e. The third kappa shape index (κ3) is 2.00. The molecule has 0 fully saturated rings. The van der Waals surface area contributed by atoms with Gasteiger partial charge in [0, 0.05) is 0 Å². The maximum Gasteiger partial charge on any atom is 0.389 e. The standard InChI is InChI=1S/C8H10IN5O3/c9-17-8(16)7(15)1-2(10)4(12)6(14)5(13)3(1)11/h10-14H2. The minimum absolute atomic E-state index is 0.0283. The largest absolute Gasteiger partial charge is 0.396 e. The van der Waals surface area contributed by atoms with Gasteiger partial charge in [0.15, 0.2) is 23.0 Å². The van der Waals surface area contributed by atoms with Gasteiger partial charge in [-0.3, -0.25) is 4.79 Å². The number of ketones is 1. The van der Waals surface area contributed by atoms with E-state index in [1.54, 1.807) is 0 Å². The first kappa shape index (κ1) is 13.2. The molecule has 8 nitrogen and oxygen atoms in total. The molecule has 0 aliphatic heterocycles. The van der Waals surface area contributed by atoms with Crippen LogP contribution in [0, 0.1) is 0 Å². The molecular weight excluding hydrogens is 341 g/mol. The van der Waals surface area contributed by atoms with Crippen molar-refractivity contribution in [2.24, 2.45) is 0 Å². The van der Waals surface area contributed by atoms with E-state index < -0.39 is 11.8 Å². The average Bonchev–Trinajstić information content (AvgIpc) is 2.32. The number of hydrogen-bond donors (Lipinski definition) is 5. The molecule has 9 heteroatoms. The molecule has 0 aliphatic carbocycles. The van der Waals surface area contributed by atoms with Crippen LogP contribution in [-0.2, 0) is 7.86 Å². The molecule has 92 valence electrons. The quantitative estimate of drug-likeness (QED) is 0.208. The SMILES string of the molecule is Nc1c(N)c(N)c(C(=O)C(=O)OI)c(N)c1N. The van der Waals surface area contributed by atoms with Crippen LogP contribution >= 0.6 is 23.0 Å². The summed E-state index contributed by atoms with van der Waals surface area (Å²) in [5, 5.41) is 0. The summed E-state index contributed by atoms with van der Waals surface area (Å²) in [5.41, 5.74) is 26.8. The number of rotatable bonds is 2. The number of carbonyl (C=O) groups is 2. The molecule has 17 heavy (non-hydrogen) atoms. The Balaban J connectivity index is 3.55. The molecule has 0 atom stereocenters. The molecule has 0 amide bonds. The van der Waals surface area contributed by atoms with Crippen LogP contribution < -0.4 is 28.7 Å². The molecule has 0 saturated carbocycles. The molecule has 10 N–H and O–H groups in total. The fourth-order valence-electron chi connectivity index (χ4n) is 1.23. The Morgan fingerprint density at radius 2 is 1.18 bits per heavy atom. The maximum atomic E-state index is 11.6. The van der Waals surface area contributed by atoms with Gasteiger partial charge in [-0.15, -0.1) is 0 Å². The van der Waals surface area contributed by atoms with Gasteiger partial charge in [-0.1, -0.05) is 0 Å². The lowest BCUT2D eigenvalue weighted by atomic mass is 10.0. The van der Waals surface area contributed by atoms with Crippen LogP contribution in [0.25, 0.3) is 0 Å². The maximum absolute atomic E-state index is 11.6. The second kappa shape index (κ2) is 4.53. The zero-order chi connectivity index (χ0) is 13.3. The monoisotopic (exact) mass is 351 g/mol. The Morgan fingerprint density at radius 1 is 0.824 bits per heavy atom. The molecule has 0 aliphatic rings. The van der Waals surface area contributed by atoms with Crippen LogP contribution in [-0.4, -0.2) is 11.8 Å². The highest BCUT2D eigenvalue weighted by Gasteiger charge is 2.27. The van der Waals surface area contributed by atoms with Gasteiger partial charge in [0.2, 0.25) is 0 Å². The first-order valence-corrected chi connectivity index (χ1v) is 5.09. The lowest BCUT2D eigenvalue weighted by Gasteiger charge is -2.14. The van der Waals surface area contributed by atoms with Crippen LogP contribution in [0.15, 0.2) is 0 Å². The molecule has 0 heterocycles. The van der Waals surface area contributed by atoms with Crippen LogP contribution in [0.2, 0.25) is 0 Å². The number of Topliss-reactive ketones (excluding diaryl/α,β-unsaturated/α-hetero) is 1. The minimum atomic E-state index is -1.13. The van der Waals surface area contributed by atoms with Gasteiger partial charge in [0.25, 0.3) is 5.78 Å². The fraction of sp³-hybridized carbons (Fsp3) is 0. The number of halogens is 1. The first-order chi connectivity index (χ1) is 7.82. The number of anilines is 5. The Hall–Kier alpha value is -1.91. The molecule has 0 unspecified atom stereocenters. The van der Waals surface area contributed by atoms with E-state index >= 15 is 0 Å². The van der Waals surface area contributed by atoms with E-state index in [4.69, 9.17) is 28.7 Å². The number of benzene rings is 1. The van der Waals surface area contributed by atoms with Gasteiger partial charge < -0.3 is 31.7 Å². The van der Waals surface area contributed by atoms with Gasteiger partial charge in [-0.25, -0.2) is 4.79 Å². The Kier molecular flexibility index (Phi) is 3.50. The van der Waals surface area contributed by atoms with Crippen molar-refractivity contribution >= 4 is 63.2 Å². The van der Waals surface area contributed by atoms with Crippen molar-refractivity contribution in [2.45, 2.75) is 0 Å². The van der Waals surface area contributed by atoms with Crippen LogP contribution in [0.4, 0.5) is 28.4 Å². The first-order valence-electron chi connectivity index (χ1n) is 4.21. The van der Waals surface area contributed by atoms with E-state index in [1.807, 2.05) is 0 Å². The summed E-state index contributed by atoms with van der Waals surface area (Å²) in [4.78, 5) is 22.8. The van der Waals surface area contributed by atoms with E-state index in [0.29, 0.717) is 0 Å². The molecular formula is C8H10IN5O3. The second-order valence-corrected chi connectivity index (χ2v) is 3.58. The van der Waals surface area contributed by atoms with Crippen molar-refractivity contribution in [1.29, 1.82) is 0 Å². The van der Waals surface area contributed by atoms with Crippen molar-refractivity contribution in [1.82, 2.24) is 0 Å². The number of carbonyl (C=O) groups excluding carboxylic acids is 2. The van der Waals surface area contributed by atoms with E-state index in [9.17, 15) is 9.59 Å². The minimum Gasteiger partial charge on any atom is -0.396 e. The molecule has 1 aromatic carbocycles. The normalized spacial score (nSPS) is 9.94. The van der Waals surface area contributed by atoms with E-state index in [2.05, 4.69) is 3.07 Å². The van der Waals surface area contributed by atoms with E-state index in [1.165, 1.54) is 23.0 Å². The summed E-state index contributed by atoms with van der Waals surface area (Å²) in [6, 6.07) is 0. The second-order valence-electron chi connectivity index (χ2n) is 3.14. The Bertz CT molecular complexity index is 487. The van der Waals surface area contributed by atoms with Gasteiger partial charge in [0.05, 0.1) is 34.0 Å². The predicted molar refractivity (Wildman–Crippen MR) is 72.9 cm³/mol. The average molecular weight is 351 g/mol. The molecule has 0 bridgehead atoms. The summed E-state index contributed by atoms with van der Waals surface area (Å²) in [7, 11) is 0. The summed E-state index contributed by atoms with van der Waals surface area (Å²) in [5.74, 6) is -2.17. The van der Waals surface area contributed by atoms with E-state index in [0.717, 1.165) is 0 Å². The molecule has 0 saturated heterocycles. The van der Waals surface area contributed by atoms with Crippen LogP contribution in [0.5, 0.6) is 0 Å². The van der Waals surface area contributed by atoms with Crippen molar-refractivity contribution in [3.8, 4) is 0 Å². The van der Waals surface area contributed by atoms with Crippen molar-refractivity contribution in [3.63, 3.8) is 0 Å². The van der Waals surface area contributed by atoms with Gasteiger partial charge in [-0.2, -0.15) is 0 Å². The summed E-state index contributed by atoms with van der Waals surface area (Å²) < 4.78 is 4.24. The lowest BCUT2D eigenvalue weighted by molar-refractivity contribution is -0.126. The van der Waals surface area contributed by atoms with Crippen LogP contribution in [0.1, 0.15) is 10.4 Å². The third-order valence-corrected chi connectivity index (χ3v) is 2.58. The number of hydrogen-bond acceptors (Lipinski definition) is 8. The molecule has 0 radical (unpaired) electrons. The van der Waals surface area contributed by atoms with Gasteiger partial charge in [-0.05, 0) is 0 Å². The summed E-state index contributed by atoms with van der Waals surface area (Å²) >= 11 is 1.26. The lowest BCUT2D eigenvalue weighted by Crippen LogP contribution is -2.20. The number of nitrogens with two attached hydrogens (primary N) is 5. The van der Waals surface area contributed by atoms with Crippen molar-refractivity contribution in [3.05, 3.63) is 5.56 Å². The van der Waals surface area contributed by atoms with Crippen molar-refractivity contribution in [2.75, 3.05) is 28.7 Å². The highest BCUT2D eigenvalue weighted by molar-refractivity contribution is 14.1. The fourth-order valence-corrected chi connectivity index (χ4v) is 1.43. The molecule has 1 rings (SSSR count). The van der Waals surface area contributed by atoms with Crippen molar-refractivity contribution < 1.29 is 12.7 Å². The van der Waals surface area contributed by atoms with E-state index in [-0.39, 0.29) is 34.0 Å². The predicted octanol–water partition coefficient (Wildman–Crippen LogP) is -0.327. The van der Waals surface area contributed by atoms with Crippen LogP contribution in [0.3, 0.4) is 0 Å². The molecule has 1 aromatic rings. The zero-order valence-corrected chi connectivity index (χ0v) is 10.6. The highest BCUT2D eigenvalue weighted by atomic mass is 127. The Morgan fingerprint density at radius 3 is 1.53 bits per heavy atom. The van der Waals surface area contributed by atoms with Gasteiger partial charge >= 0.3 is 5.97 Å².